The Morgan fingerprint density at radius 1 is 1.41 bits per heavy atom. The number of pyridine rings is 1. The fraction of sp³-hybridized carbons (Fsp3) is 0.375. The summed E-state index contributed by atoms with van der Waals surface area (Å²) in [6.07, 6.45) is 7.77. The second-order valence-electron chi connectivity index (χ2n) is 8.30. The summed E-state index contributed by atoms with van der Waals surface area (Å²) in [5, 5.41) is 8.07. The summed E-state index contributed by atoms with van der Waals surface area (Å²) in [5.41, 5.74) is 10.1. The zero-order valence-electron chi connectivity index (χ0n) is 18.9. The predicted octanol–water partition coefficient (Wildman–Crippen LogP) is 4.06. The highest BCUT2D eigenvalue weighted by Gasteiger charge is 2.18. The minimum Gasteiger partial charge on any atom is -0.381 e. The summed E-state index contributed by atoms with van der Waals surface area (Å²) in [6, 6.07) is 5.82. The van der Waals surface area contributed by atoms with Crippen LogP contribution in [0.4, 0.5) is 0 Å². The molecular formula is C24H26ClN7OS. The molecule has 0 bridgehead atoms. The van der Waals surface area contributed by atoms with Gasteiger partial charge < -0.3 is 19.9 Å². The number of thiocarbonyl (C=S) groups is 1. The average Bonchev–Trinajstić information content (AvgIpc) is 3.26. The number of hydrogen-bond acceptors (Lipinski definition) is 5. The Morgan fingerprint density at radius 2 is 2.21 bits per heavy atom. The average molecular weight is 496 g/mol. The Labute approximate surface area is 209 Å². The van der Waals surface area contributed by atoms with Crippen LogP contribution in [0.3, 0.4) is 0 Å². The van der Waals surface area contributed by atoms with Gasteiger partial charge in [-0.05, 0) is 54.7 Å². The normalized spacial score (nSPS) is 14.5. The first-order valence-corrected chi connectivity index (χ1v) is 11.9. The number of benzene rings is 1. The lowest BCUT2D eigenvalue weighted by atomic mass is 10.0. The van der Waals surface area contributed by atoms with Crippen molar-refractivity contribution in [1.82, 2.24) is 19.5 Å². The molecule has 0 atom stereocenters. The predicted molar refractivity (Wildman–Crippen MR) is 139 cm³/mol. The fourth-order valence-corrected chi connectivity index (χ4v) is 4.40. The molecule has 2 N–H and O–H groups in total. The second kappa shape index (κ2) is 10.9. The molecule has 3 heterocycles. The number of hydrazone groups is 1. The van der Waals surface area contributed by atoms with Crippen molar-refractivity contribution in [2.45, 2.75) is 19.3 Å². The van der Waals surface area contributed by atoms with Crippen molar-refractivity contribution in [2.24, 2.45) is 23.8 Å². The standard InChI is InChI=1S/C24H26ClN7OS/c1-27-6-3-17-9-19-18(12-29-32(24(26)34)14-16-4-7-33-8-5-16)10-22(23-13-28-15-31(23)2)30-21(19)11-20(17)25/h9-13,15-16H,3-8,14H2,2H3,(H2,26,34). The van der Waals surface area contributed by atoms with Gasteiger partial charge in [0.2, 0.25) is 6.54 Å². The van der Waals surface area contributed by atoms with E-state index in [1.807, 2.05) is 29.8 Å². The maximum Gasteiger partial charge on any atom is 0.218 e. The number of fused-ring (bicyclic) bond motifs is 1. The van der Waals surface area contributed by atoms with Crippen LogP contribution < -0.4 is 5.73 Å². The van der Waals surface area contributed by atoms with E-state index >= 15 is 0 Å². The number of rotatable bonds is 7. The molecule has 3 aromatic rings. The Kier molecular flexibility index (Phi) is 7.73. The summed E-state index contributed by atoms with van der Waals surface area (Å²) in [4.78, 5) is 12.5. The van der Waals surface area contributed by atoms with Crippen molar-refractivity contribution < 1.29 is 4.74 Å². The second-order valence-corrected chi connectivity index (χ2v) is 9.13. The Balaban J connectivity index is 1.76. The van der Waals surface area contributed by atoms with E-state index in [4.69, 9.17) is 45.8 Å². The molecule has 0 amide bonds. The molecule has 0 unspecified atom stereocenters. The van der Waals surface area contributed by atoms with Gasteiger partial charge in [0.25, 0.3) is 0 Å². The number of imidazole rings is 1. The molecule has 8 nitrogen and oxygen atoms in total. The maximum atomic E-state index is 7.12. The third kappa shape index (κ3) is 5.53. The minimum atomic E-state index is 0.230. The minimum absolute atomic E-state index is 0.230. The number of aromatic nitrogens is 3. The van der Waals surface area contributed by atoms with Gasteiger partial charge in [-0.1, -0.05) is 11.6 Å². The van der Waals surface area contributed by atoms with Crippen molar-refractivity contribution in [1.29, 1.82) is 0 Å². The lowest BCUT2D eigenvalue weighted by Crippen LogP contribution is -2.36. The van der Waals surface area contributed by atoms with Crippen molar-refractivity contribution in [3.05, 3.63) is 58.3 Å². The highest BCUT2D eigenvalue weighted by atomic mass is 35.5. The molecule has 2 aromatic heterocycles. The van der Waals surface area contributed by atoms with Gasteiger partial charge in [-0.25, -0.2) is 21.5 Å². The molecule has 1 fully saturated rings. The van der Waals surface area contributed by atoms with E-state index < -0.39 is 0 Å². The highest BCUT2D eigenvalue weighted by molar-refractivity contribution is 7.80. The van der Waals surface area contributed by atoms with Crippen molar-refractivity contribution in [3.63, 3.8) is 0 Å². The van der Waals surface area contributed by atoms with Crippen LogP contribution >= 0.6 is 23.8 Å². The van der Waals surface area contributed by atoms with Crippen LogP contribution in [-0.4, -0.2) is 57.2 Å². The largest absolute Gasteiger partial charge is 0.381 e. The molecule has 4 rings (SSSR count). The third-order valence-corrected chi connectivity index (χ3v) is 6.51. The van der Waals surface area contributed by atoms with Crippen LogP contribution in [0.1, 0.15) is 24.0 Å². The molecule has 0 saturated carbocycles. The van der Waals surface area contributed by atoms with Gasteiger partial charge in [0, 0.05) is 49.2 Å². The number of hydrogen-bond donors (Lipinski definition) is 1. The summed E-state index contributed by atoms with van der Waals surface area (Å²) >= 11 is 11.8. The summed E-state index contributed by atoms with van der Waals surface area (Å²) in [5.74, 6) is 0.422. The Bertz CT molecular complexity index is 1260. The summed E-state index contributed by atoms with van der Waals surface area (Å²) in [6.45, 7) is 9.63. The number of halogens is 1. The van der Waals surface area contributed by atoms with E-state index in [0.717, 1.165) is 59.5 Å². The monoisotopic (exact) mass is 495 g/mol. The van der Waals surface area contributed by atoms with Crippen LogP contribution in [0.15, 0.2) is 35.8 Å². The van der Waals surface area contributed by atoms with E-state index in [-0.39, 0.29) is 5.11 Å². The van der Waals surface area contributed by atoms with Crippen LogP contribution in [0.2, 0.25) is 5.02 Å². The first-order valence-electron chi connectivity index (χ1n) is 11.1. The van der Waals surface area contributed by atoms with E-state index in [0.29, 0.717) is 30.5 Å². The molecule has 1 aromatic carbocycles. The number of aryl methyl sites for hydroxylation is 1. The van der Waals surface area contributed by atoms with Crippen LogP contribution in [0.5, 0.6) is 0 Å². The van der Waals surface area contributed by atoms with E-state index in [1.165, 1.54) is 0 Å². The summed E-state index contributed by atoms with van der Waals surface area (Å²) < 4.78 is 7.37. The molecular weight excluding hydrogens is 470 g/mol. The van der Waals surface area contributed by atoms with Gasteiger partial charge in [0.1, 0.15) is 0 Å². The van der Waals surface area contributed by atoms with Crippen molar-refractivity contribution in [2.75, 3.05) is 26.3 Å². The first kappa shape index (κ1) is 24.1. The van der Waals surface area contributed by atoms with Gasteiger partial charge in [0.15, 0.2) is 5.11 Å². The lowest BCUT2D eigenvalue weighted by molar-refractivity contribution is 0.0600. The van der Waals surface area contributed by atoms with E-state index in [9.17, 15) is 0 Å². The molecule has 1 aliphatic heterocycles. The third-order valence-electron chi connectivity index (χ3n) is 5.94. The smallest absolute Gasteiger partial charge is 0.218 e. The number of ether oxygens (including phenoxy) is 1. The maximum absolute atomic E-state index is 7.12. The van der Waals surface area contributed by atoms with Gasteiger partial charge >= 0.3 is 0 Å². The molecule has 0 spiro atoms. The van der Waals surface area contributed by atoms with Crippen molar-refractivity contribution in [3.8, 4) is 11.4 Å². The fourth-order valence-electron chi connectivity index (χ4n) is 4.03. The Hall–Kier alpha value is -3.06. The number of nitrogens with two attached hydrogens (primary N) is 1. The zero-order chi connectivity index (χ0) is 24.1. The van der Waals surface area contributed by atoms with Gasteiger partial charge in [0.05, 0.1) is 35.6 Å². The molecule has 10 heteroatoms. The van der Waals surface area contributed by atoms with Crippen LogP contribution in [0, 0.1) is 12.5 Å². The van der Waals surface area contributed by atoms with Crippen molar-refractivity contribution >= 4 is 46.0 Å². The van der Waals surface area contributed by atoms with Gasteiger partial charge in [-0.3, -0.25) is 0 Å². The summed E-state index contributed by atoms with van der Waals surface area (Å²) in [7, 11) is 1.92. The van der Waals surface area contributed by atoms with E-state index in [1.54, 1.807) is 23.7 Å². The molecule has 1 saturated heterocycles. The SMILES string of the molecule is [C-]#[N+]CCc1cc2c(C=NN(CC3CCOCC3)C(N)=S)cc(-c3cncn3C)nc2cc1Cl. The van der Waals surface area contributed by atoms with Crippen LogP contribution in [0.25, 0.3) is 27.1 Å². The molecule has 1 aliphatic rings. The Morgan fingerprint density at radius 3 is 2.88 bits per heavy atom. The number of nitrogens with zero attached hydrogens (tertiary/aromatic N) is 6. The lowest BCUT2D eigenvalue weighted by Gasteiger charge is -2.26. The van der Waals surface area contributed by atoms with Crippen LogP contribution in [-0.2, 0) is 18.2 Å². The molecule has 0 aliphatic carbocycles. The topological polar surface area (TPSA) is 85.9 Å². The van der Waals surface area contributed by atoms with E-state index in [2.05, 4.69) is 14.9 Å². The molecule has 34 heavy (non-hydrogen) atoms. The highest BCUT2D eigenvalue weighted by Crippen LogP contribution is 2.29. The molecule has 0 radical (unpaired) electrons. The quantitative estimate of drug-likeness (QED) is 0.230. The zero-order valence-corrected chi connectivity index (χ0v) is 20.5. The molecule has 176 valence electrons. The van der Waals surface area contributed by atoms with Gasteiger partial charge in [-0.15, -0.1) is 0 Å². The van der Waals surface area contributed by atoms with Gasteiger partial charge in [-0.2, -0.15) is 5.10 Å². The first-order chi connectivity index (χ1) is 16.5.